The molecule has 0 radical (unpaired) electrons. The van der Waals surface area contributed by atoms with Gasteiger partial charge in [0.2, 0.25) is 0 Å². The molecular weight excluding hydrogens is 398 g/mol. The van der Waals surface area contributed by atoms with E-state index in [1.54, 1.807) is 23.1 Å². The second-order valence-electron chi connectivity index (χ2n) is 6.05. The molecular formula is C19H16BrN3O3. The summed E-state index contributed by atoms with van der Waals surface area (Å²) in [5.74, 6) is -0.111. The van der Waals surface area contributed by atoms with E-state index in [2.05, 4.69) is 26.1 Å². The van der Waals surface area contributed by atoms with Crippen LogP contribution < -0.4 is 0 Å². The topological polar surface area (TPSA) is 89.5 Å². The lowest BCUT2D eigenvalue weighted by atomic mass is 9.96. The number of halogens is 1. The fourth-order valence-electron chi connectivity index (χ4n) is 3.41. The number of carbonyl (C=O) groups is 1. The second-order valence-corrected chi connectivity index (χ2v) is 6.97. The Morgan fingerprint density at radius 1 is 1.15 bits per heavy atom. The fraction of sp³-hybridized carbons (Fsp3) is 0.158. The number of amides is 1. The van der Waals surface area contributed by atoms with Crippen LogP contribution in [0.4, 0.5) is 0 Å². The highest BCUT2D eigenvalue weighted by molar-refractivity contribution is 9.10. The van der Waals surface area contributed by atoms with E-state index < -0.39 is 0 Å². The first-order valence-corrected chi connectivity index (χ1v) is 8.95. The van der Waals surface area contributed by atoms with Crippen LogP contribution in [-0.4, -0.2) is 44.4 Å². The number of aliphatic hydroxyl groups is 1. The molecule has 1 aliphatic rings. The van der Waals surface area contributed by atoms with Gasteiger partial charge in [-0.1, -0.05) is 40.2 Å². The molecule has 1 aliphatic heterocycles. The molecule has 2 heterocycles. The maximum Gasteiger partial charge on any atom is 0.273 e. The lowest BCUT2D eigenvalue weighted by Gasteiger charge is -2.25. The van der Waals surface area contributed by atoms with E-state index in [9.17, 15) is 15.0 Å². The van der Waals surface area contributed by atoms with Crippen molar-refractivity contribution >= 4 is 21.8 Å². The van der Waals surface area contributed by atoms with Crippen molar-refractivity contribution in [2.45, 2.75) is 6.04 Å². The van der Waals surface area contributed by atoms with E-state index in [0.29, 0.717) is 22.5 Å². The Morgan fingerprint density at radius 2 is 1.88 bits per heavy atom. The lowest BCUT2D eigenvalue weighted by Crippen LogP contribution is -2.32. The van der Waals surface area contributed by atoms with E-state index in [1.807, 2.05) is 30.3 Å². The van der Waals surface area contributed by atoms with E-state index in [-0.39, 0.29) is 30.9 Å². The van der Waals surface area contributed by atoms with Gasteiger partial charge < -0.3 is 15.1 Å². The number of nitrogens with zero attached hydrogens (tertiary/aromatic N) is 2. The normalized spacial score (nSPS) is 16.2. The van der Waals surface area contributed by atoms with E-state index >= 15 is 0 Å². The molecule has 0 unspecified atom stereocenters. The molecule has 4 rings (SSSR count). The molecule has 1 atom stereocenters. The molecule has 6 nitrogen and oxygen atoms in total. The Kier molecular flexibility index (Phi) is 4.26. The highest BCUT2D eigenvalue weighted by atomic mass is 79.9. The van der Waals surface area contributed by atoms with Crippen molar-refractivity contribution in [2.24, 2.45) is 0 Å². The van der Waals surface area contributed by atoms with Gasteiger partial charge in [0.25, 0.3) is 5.91 Å². The third-order valence-electron chi connectivity index (χ3n) is 4.55. The number of aromatic nitrogens is 2. The number of β-amino-alcohol motifs (C(OH)–C–C–N with tert-alkyl or cyclic N) is 1. The second kappa shape index (κ2) is 6.59. The van der Waals surface area contributed by atoms with Crippen LogP contribution in [0.15, 0.2) is 53.0 Å². The van der Waals surface area contributed by atoms with Crippen LogP contribution in [0.5, 0.6) is 5.75 Å². The van der Waals surface area contributed by atoms with Gasteiger partial charge in [-0.25, -0.2) is 0 Å². The molecule has 132 valence electrons. The number of hydrogen-bond acceptors (Lipinski definition) is 4. The lowest BCUT2D eigenvalue weighted by molar-refractivity contribution is 0.0706. The van der Waals surface area contributed by atoms with Crippen LogP contribution in [-0.2, 0) is 0 Å². The van der Waals surface area contributed by atoms with Crippen LogP contribution in [0.1, 0.15) is 27.7 Å². The van der Waals surface area contributed by atoms with Gasteiger partial charge in [-0.2, -0.15) is 5.10 Å². The Balaban J connectivity index is 1.91. The molecule has 0 aliphatic carbocycles. The summed E-state index contributed by atoms with van der Waals surface area (Å²) in [7, 11) is 0. The van der Waals surface area contributed by atoms with Gasteiger partial charge in [0, 0.05) is 22.1 Å². The predicted molar refractivity (Wildman–Crippen MR) is 99.8 cm³/mol. The number of fused-ring (bicyclic) bond motifs is 1. The molecule has 0 bridgehead atoms. The van der Waals surface area contributed by atoms with Crippen molar-refractivity contribution in [1.29, 1.82) is 0 Å². The number of benzene rings is 2. The highest BCUT2D eigenvalue weighted by Gasteiger charge is 2.42. The van der Waals surface area contributed by atoms with Crippen molar-refractivity contribution < 1.29 is 15.0 Å². The molecule has 26 heavy (non-hydrogen) atoms. The summed E-state index contributed by atoms with van der Waals surface area (Å²) in [6, 6.07) is 14.2. The molecule has 0 spiro atoms. The SMILES string of the molecule is O=C1c2[nH]nc(-c3ccccc3O)c2[C@@H](c2ccc(Br)cc2)N1CCO. The summed E-state index contributed by atoms with van der Waals surface area (Å²) in [4.78, 5) is 14.5. The van der Waals surface area contributed by atoms with Crippen LogP contribution in [0.2, 0.25) is 0 Å². The molecule has 1 aromatic heterocycles. The Morgan fingerprint density at radius 3 is 2.58 bits per heavy atom. The molecule has 3 aromatic rings. The first kappa shape index (κ1) is 16.8. The van der Waals surface area contributed by atoms with E-state index in [0.717, 1.165) is 10.0 Å². The van der Waals surface area contributed by atoms with Gasteiger partial charge >= 0.3 is 0 Å². The summed E-state index contributed by atoms with van der Waals surface area (Å²) in [5, 5.41) is 26.8. The van der Waals surface area contributed by atoms with Crippen LogP contribution in [0.25, 0.3) is 11.3 Å². The molecule has 0 fully saturated rings. The van der Waals surface area contributed by atoms with Crippen molar-refractivity contribution in [3.05, 3.63) is 69.8 Å². The maximum absolute atomic E-state index is 12.8. The minimum atomic E-state index is -0.383. The number of para-hydroxylation sites is 1. The average molecular weight is 414 g/mol. The standard InChI is InChI=1S/C19H16BrN3O3/c20-12-7-5-11(6-8-12)18-15-16(13-3-1-2-4-14(13)25)21-22-17(15)19(26)23(18)9-10-24/h1-8,18,24-25H,9-10H2,(H,21,22)/t18-/m1/s1. The monoisotopic (exact) mass is 413 g/mol. The van der Waals surface area contributed by atoms with Gasteiger partial charge in [0.05, 0.1) is 12.6 Å². The van der Waals surface area contributed by atoms with Crippen molar-refractivity contribution in [2.75, 3.05) is 13.2 Å². The number of rotatable bonds is 4. The zero-order valence-corrected chi connectivity index (χ0v) is 15.3. The third kappa shape index (κ3) is 2.60. The van der Waals surface area contributed by atoms with Crippen LogP contribution >= 0.6 is 15.9 Å². The molecule has 3 N–H and O–H groups in total. The maximum atomic E-state index is 12.8. The Bertz CT molecular complexity index is 968. The fourth-order valence-corrected chi connectivity index (χ4v) is 3.67. The number of phenolic OH excluding ortho intramolecular Hbond substituents is 1. The highest BCUT2D eigenvalue weighted by Crippen LogP contribution is 2.44. The zero-order chi connectivity index (χ0) is 18.3. The van der Waals surface area contributed by atoms with Crippen LogP contribution in [0, 0.1) is 0 Å². The van der Waals surface area contributed by atoms with Crippen LogP contribution in [0.3, 0.4) is 0 Å². The summed E-state index contributed by atoms with van der Waals surface area (Å²) < 4.78 is 0.938. The number of hydrogen-bond donors (Lipinski definition) is 3. The quantitative estimate of drug-likeness (QED) is 0.612. The smallest absolute Gasteiger partial charge is 0.273 e. The number of aromatic hydroxyl groups is 1. The Hall–Kier alpha value is -2.64. The summed E-state index contributed by atoms with van der Waals surface area (Å²) in [6.07, 6.45) is 0. The van der Waals surface area contributed by atoms with Gasteiger partial charge in [0.1, 0.15) is 17.1 Å². The van der Waals surface area contributed by atoms with E-state index in [1.165, 1.54) is 0 Å². The molecule has 1 amide bonds. The average Bonchev–Trinajstić information content (AvgIpc) is 3.17. The molecule has 2 aromatic carbocycles. The number of aromatic amines is 1. The van der Waals surface area contributed by atoms with Gasteiger partial charge in [-0.05, 0) is 29.8 Å². The van der Waals surface area contributed by atoms with Crippen molar-refractivity contribution in [3.8, 4) is 17.0 Å². The van der Waals surface area contributed by atoms with Gasteiger partial charge in [0.15, 0.2) is 0 Å². The first-order chi connectivity index (χ1) is 12.6. The number of H-pyrrole nitrogens is 1. The van der Waals surface area contributed by atoms with Crippen molar-refractivity contribution in [1.82, 2.24) is 15.1 Å². The molecule has 0 saturated heterocycles. The molecule has 7 heteroatoms. The molecule has 0 saturated carbocycles. The summed E-state index contributed by atoms with van der Waals surface area (Å²) >= 11 is 3.42. The van der Waals surface area contributed by atoms with E-state index in [4.69, 9.17) is 0 Å². The van der Waals surface area contributed by atoms with Crippen molar-refractivity contribution in [3.63, 3.8) is 0 Å². The Labute approximate surface area is 158 Å². The third-order valence-corrected chi connectivity index (χ3v) is 5.08. The van der Waals surface area contributed by atoms with Gasteiger partial charge in [-0.15, -0.1) is 0 Å². The largest absolute Gasteiger partial charge is 0.507 e. The number of carbonyl (C=O) groups excluding carboxylic acids is 1. The minimum Gasteiger partial charge on any atom is -0.507 e. The van der Waals surface area contributed by atoms with Gasteiger partial charge in [-0.3, -0.25) is 9.89 Å². The number of phenols is 1. The summed E-state index contributed by atoms with van der Waals surface area (Å²) in [5.41, 5.74) is 3.12. The predicted octanol–water partition coefficient (Wildman–Crippen LogP) is 3.08. The first-order valence-electron chi connectivity index (χ1n) is 8.15. The minimum absolute atomic E-state index is 0.101. The number of nitrogens with one attached hydrogen (secondary N) is 1. The number of aliphatic hydroxyl groups excluding tert-OH is 1. The summed E-state index contributed by atoms with van der Waals surface area (Å²) in [6.45, 7) is 0.0741. The zero-order valence-electron chi connectivity index (χ0n) is 13.7.